The number of phenols is 1. The number of benzene rings is 1. The Morgan fingerprint density at radius 1 is 1.50 bits per heavy atom. The number of nitrogens with one attached hydrogen (secondary N) is 1. The second kappa shape index (κ2) is 5.63. The normalized spacial score (nSPS) is 29.9. The number of carbonyl (C=O) groups excluding carboxylic acids is 1. The molecule has 0 spiro atoms. The van der Waals surface area contributed by atoms with Gasteiger partial charge in [-0.1, -0.05) is 19.8 Å². The molecule has 1 aromatic rings. The minimum absolute atomic E-state index is 0.00645. The average molecular weight is 302 g/mol. The fourth-order valence-electron chi connectivity index (χ4n) is 3.85. The van der Waals surface area contributed by atoms with Crippen molar-refractivity contribution in [1.82, 2.24) is 5.43 Å². The van der Waals surface area contributed by atoms with Crippen LogP contribution in [0.15, 0.2) is 23.3 Å². The van der Waals surface area contributed by atoms with Gasteiger partial charge in [0.1, 0.15) is 11.5 Å². The van der Waals surface area contributed by atoms with Crippen LogP contribution in [0.25, 0.3) is 0 Å². The van der Waals surface area contributed by atoms with Crippen LogP contribution >= 0.6 is 0 Å². The molecule has 1 amide bonds. The molecule has 2 aliphatic rings. The molecule has 2 saturated carbocycles. The van der Waals surface area contributed by atoms with Crippen molar-refractivity contribution in [3.05, 3.63) is 23.8 Å². The first-order valence-corrected chi connectivity index (χ1v) is 7.76. The number of ether oxygens (including phenoxy) is 1. The number of aromatic hydroxyl groups is 1. The molecule has 0 radical (unpaired) electrons. The van der Waals surface area contributed by atoms with Gasteiger partial charge in [-0.15, -0.1) is 0 Å². The van der Waals surface area contributed by atoms with Crippen molar-refractivity contribution in [2.75, 3.05) is 7.11 Å². The minimum atomic E-state index is -0.00645. The maximum atomic E-state index is 12.3. The number of hydrogen-bond acceptors (Lipinski definition) is 4. The van der Waals surface area contributed by atoms with Crippen LogP contribution < -0.4 is 10.2 Å². The third kappa shape index (κ3) is 2.56. The molecule has 0 aliphatic heterocycles. The fourth-order valence-corrected chi connectivity index (χ4v) is 3.85. The third-order valence-electron chi connectivity index (χ3n) is 5.23. The molecule has 2 aliphatic carbocycles. The van der Waals surface area contributed by atoms with Gasteiger partial charge in [0.15, 0.2) is 0 Å². The molecule has 3 rings (SSSR count). The molecule has 0 aromatic heterocycles. The van der Waals surface area contributed by atoms with Crippen LogP contribution in [-0.2, 0) is 4.79 Å². The highest BCUT2D eigenvalue weighted by Crippen LogP contribution is 2.66. The van der Waals surface area contributed by atoms with Crippen LogP contribution in [-0.4, -0.2) is 24.3 Å². The van der Waals surface area contributed by atoms with E-state index < -0.39 is 0 Å². The smallest absolute Gasteiger partial charge is 0.244 e. The summed E-state index contributed by atoms with van der Waals surface area (Å²) in [6.07, 6.45) is 6.18. The Labute approximate surface area is 130 Å². The maximum absolute atomic E-state index is 12.3. The summed E-state index contributed by atoms with van der Waals surface area (Å²) in [7, 11) is 1.56. The molecule has 3 atom stereocenters. The lowest BCUT2D eigenvalue weighted by Gasteiger charge is -2.15. The van der Waals surface area contributed by atoms with Gasteiger partial charge in [0.25, 0.3) is 0 Å². The number of carbonyl (C=O) groups is 1. The van der Waals surface area contributed by atoms with E-state index in [1.54, 1.807) is 25.3 Å². The maximum Gasteiger partial charge on any atom is 0.244 e. The van der Waals surface area contributed by atoms with Crippen molar-refractivity contribution in [2.24, 2.45) is 22.4 Å². The zero-order valence-corrected chi connectivity index (χ0v) is 13.0. The summed E-state index contributed by atoms with van der Waals surface area (Å²) in [6, 6.07) is 4.88. The quantitative estimate of drug-likeness (QED) is 0.663. The molecule has 22 heavy (non-hydrogen) atoms. The van der Waals surface area contributed by atoms with Gasteiger partial charge < -0.3 is 9.84 Å². The Morgan fingerprint density at radius 2 is 2.32 bits per heavy atom. The van der Waals surface area contributed by atoms with Crippen molar-refractivity contribution in [3.8, 4) is 11.5 Å². The number of hydrazone groups is 1. The molecule has 118 valence electrons. The number of amides is 1. The predicted molar refractivity (Wildman–Crippen MR) is 84.0 cm³/mol. The molecule has 2 N–H and O–H groups in total. The van der Waals surface area contributed by atoms with Crippen molar-refractivity contribution < 1.29 is 14.6 Å². The van der Waals surface area contributed by atoms with E-state index in [1.807, 2.05) is 0 Å². The number of fused-ring (bicyclic) bond motifs is 1. The van der Waals surface area contributed by atoms with Gasteiger partial charge >= 0.3 is 0 Å². The summed E-state index contributed by atoms with van der Waals surface area (Å²) >= 11 is 0. The van der Waals surface area contributed by atoms with E-state index in [1.165, 1.54) is 19.1 Å². The lowest BCUT2D eigenvalue weighted by Crippen LogP contribution is -2.22. The Morgan fingerprint density at radius 3 is 3.00 bits per heavy atom. The van der Waals surface area contributed by atoms with Crippen molar-refractivity contribution in [1.29, 1.82) is 0 Å². The van der Waals surface area contributed by atoms with Crippen LogP contribution in [0.1, 0.15) is 38.2 Å². The molecule has 0 bridgehead atoms. The van der Waals surface area contributed by atoms with Gasteiger partial charge in [0.2, 0.25) is 5.91 Å². The molecule has 1 aromatic carbocycles. The van der Waals surface area contributed by atoms with Crippen molar-refractivity contribution in [3.63, 3.8) is 0 Å². The molecular formula is C17H22N2O3. The number of rotatable bonds is 4. The minimum Gasteiger partial charge on any atom is -0.507 e. The van der Waals surface area contributed by atoms with E-state index in [-0.39, 0.29) is 23.0 Å². The zero-order valence-electron chi connectivity index (χ0n) is 13.0. The Kier molecular flexibility index (Phi) is 3.81. The van der Waals surface area contributed by atoms with Crippen molar-refractivity contribution in [2.45, 2.75) is 32.6 Å². The monoisotopic (exact) mass is 302 g/mol. The standard InChI is InChI=1S/C17H22N2O3/c1-17-8-4-3-5-13(17)15(17)16(21)19-18-10-11-9-12(22-2)6-7-14(11)20/h6-7,9-10,13,15,20H,3-5,8H2,1-2H3,(H,19,21)/b18-10-/t13-,15-,17-/m0/s1. The highest BCUT2D eigenvalue weighted by Gasteiger charge is 2.64. The summed E-state index contributed by atoms with van der Waals surface area (Å²) in [5.41, 5.74) is 3.31. The van der Waals surface area contributed by atoms with Crippen LogP contribution in [0.4, 0.5) is 0 Å². The lowest BCUT2D eigenvalue weighted by atomic mass is 9.90. The number of hydrogen-bond donors (Lipinski definition) is 2. The second-order valence-electron chi connectivity index (χ2n) is 6.49. The largest absolute Gasteiger partial charge is 0.507 e. The van der Waals surface area contributed by atoms with E-state index in [2.05, 4.69) is 17.5 Å². The van der Waals surface area contributed by atoms with E-state index in [0.717, 1.165) is 12.8 Å². The molecule has 5 nitrogen and oxygen atoms in total. The first-order chi connectivity index (χ1) is 10.6. The van der Waals surface area contributed by atoms with Gasteiger partial charge in [-0.25, -0.2) is 5.43 Å². The molecular weight excluding hydrogens is 280 g/mol. The second-order valence-corrected chi connectivity index (χ2v) is 6.49. The van der Waals surface area contributed by atoms with Crippen LogP contribution in [0.2, 0.25) is 0 Å². The molecule has 0 saturated heterocycles. The first-order valence-electron chi connectivity index (χ1n) is 7.76. The Bertz CT molecular complexity index is 614. The Hall–Kier alpha value is -2.04. The van der Waals surface area contributed by atoms with Gasteiger partial charge in [0, 0.05) is 11.5 Å². The summed E-state index contributed by atoms with van der Waals surface area (Å²) in [5, 5.41) is 13.8. The van der Waals surface area contributed by atoms with Crippen LogP contribution in [0.5, 0.6) is 11.5 Å². The molecule has 5 heteroatoms. The predicted octanol–water partition coefficient (Wildman–Crippen LogP) is 2.68. The van der Waals surface area contributed by atoms with Gasteiger partial charge in [-0.3, -0.25) is 4.79 Å². The SMILES string of the molecule is COc1ccc(O)c(/C=N\NC(=O)[C@@H]2[C@@H]3CCCC[C@]23C)c1. The van der Waals surface area contributed by atoms with Crippen molar-refractivity contribution >= 4 is 12.1 Å². The highest BCUT2D eigenvalue weighted by molar-refractivity contribution is 5.87. The van der Waals surface area contributed by atoms with Gasteiger partial charge in [-0.05, 0) is 42.4 Å². The summed E-state index contributed by atoms with van der Waals surface area (Å²) in [6.45, 7) is 2.21. The summed E-state index contributed by atoms with van der Waals surface area (Å²) in [4.78, 5) is 12.3. The molecule has 0 heterocycles. The first kappa shape index (κ1) is 14.9. The fraction of sp³-hybridized carbons (Fsp3) is 0.529. The zero-order chi connectivity index (χ0) is 15.7. The molecule has 2 fully saturated rings. The summed E-state index contributed by atoms with van der Waals surface area (Å²) < 4.78 is 5.10. The summed E-state index contributed by atoms with van der Waals surface area (Å²) in [5.74, 6) is 1.33. The van der Waals surface area contributed by atoms with Gasteiger partial charge in [-0.2, -0.15) is 5.10 Å². The lowest BCUT2D eigenvalue weighted by molar-refractivity contribution is -0.123. The topological polar surface area (TPSA) is 70.9 Å². The van der Waals surface area contributed by atoms with E-state index in [4.69, 9.17) is 4.74 Å². The van der Waals surface area contributed by atoms with E-state index in [0.29, 0.717) is 17.2 Å². The highest BCUT2D eigenvalue weighted by atomic mass is 16.5. The third-order valence-corrected chi connectivity index (χ3v) is 5.23. The number of nitrogens with zero attached hydrogens (tertiary/aromatic N) is 1. The van der Waals surface area contributed by atoms with Crippen LogP contribution in [0, 0.1) is 17.3 Å². The molecule has 0 unspecified atom stereocenters. The van der Waals surface area contributed by atoms with E-state index >= 15 is 0 Å². The van der Waals surface area contributed by atoms with Crippen LogP contribution in [0.3, 0.4) is 0 Å². The Balaban J connectivity index is 1.62. The van der Waals surface area contributed by atoms with E-state index in [9.17, 15) is 9.90 Å². The van der Waals surface area contributed by atoms with Gasteiger partial charge in [0.05, 0.1) is 13.3 Å². The average Bonchev–Trinajstić information content (AvgIpc) is 3.14. The number of methoxy groups -OCH3 is 1. The number of phenolic OH excluding ortho intramolecular Hbond substituents is 1.